The molecule has 1 heterocycles. The summed E-state index contributed by atoms with van der Waals surface area (Å²) >= 11 is 0. The highest BCUT2D eigenvalue weighted by Crippen LogP contribution is 2.17. The van der Waals surface area contributed by atoms with E-state index < -0.39 is 5.97 Å². The quantitative estimate of drug-likeness (QED) is 0.786. The van der Waals surface area contributed by atoms with Crippen molar-refractivity contribution in [3.63, 3.8) is 0 Å². The summed E-state index contributed by atoms with van der Waals surface area (Å²) in [6.45, 7) is 7.77. The van der Waals surface area contributed by atoms with Crippen LogP contribution < -0.4 is 0 Å². The molecular formula is C10H16N2O2. The molecule has 78 valence electrons. The first-order valence-electron chi connectivity index (χ1n) is 4.69. The Balaban J connectivity index is 3.26. The fraction of sp³-hybridized carbons (Fsp3) is 0.600. The van der Waals surface area contributed by atoms with Crippen LogP contribution in [-0.4, -0.2) is 20.9 Å². The Hall–Kier alpha value is -1.32. The molecule has 1 aromatic rings. The summed E-state index contributed by atoms with van der Waals surface area (Å²) in [5.74, 6) is -0.924. The van der Waals surface area contributed by atoms with Crippen LogP contribution in [0.25, 0.3) is 0 Å². The molecule has 0 amide bonds. The third-order valence-corrected chi connectivity index (χ3v) is 1.98. The van der Waals surface area contributed by atoms with E-state index in [1.165, 1.54) is 0 Å². The van der Waals surface area contributed by atoms with Gasteiger partial charge in [0.2, 0.25) is 0 Å². The van der Waals surface area contributed by atoms with Crippen molar-refractivity contribution < 1.29 is 9.90 Å². The van der Waals surface area contributed by atoms with Gasteiger partial charge in [0.1, 0.15) is 5.69 Å². The Morgan fingerprint density at radius 2 is 2.14 bits per heavy atom. The summed E-state index contributed by atoms with van der Waals surface area (Å²) in [4.78, 5) is 10.9. The molecule has 1 rings (SSSR count). The van der Waals surface area contributed by atoms with Crippen LogP contribution >= 0.6 is 0 Å². The molecule has 0 aliphatic carbocycles. The van der Waals surface area contributed by atoms with Gasteiger partial charge in [-0.25, -0.2) is 4.79 Å². The number of aromatic carboxylic acids is 1. The lowest BCUT2D eigenvalue weighted by atomic mass is 10.1. The first-order valence-corrected chi connectivity index (χ1v) is 4.69. The van der Waals surface area contributed by atoms with Crippen molar-refractivity contribution in [2.24, 2.45) is 0 Å². The minimum Gasteiger partial charge on any atom is -0.477 e. The fourth-order valence-corrected chi connectivity index (χ4v) is 1.27. The second kappa shape index (κ2) is 3.44. The van der Waals surface area contributed by atoms with Crippen LogP contribution in [0.2, 0.25) is 0 Å². The highest BCUT2D eigenvalue weighted by Gasteiger charge is 2.22. The van der Waals surface area contributed by atoms with E-state index in [4.69, 9.17) is 5.11 Å². The molecule has 0 aliphatic heterocycles. The second-order valence-corrected chi connectivity index (χ2v) is 4.26. The topological polar surface area (TPSA) is 55.1 Å². The van der Waals surface area contributed by atoms with Crippen molar-refractivity contribution in [2.45, 2.75) is 39.7 Å². The number of hydrogen-bond donors (Lipinski definition) is 1. The smallest absolute Gasteiger partial charge is 0.354 e. The van der Waals surface area contributed by atoms with E-state index in [0.717, 1.165) is 12.1 Å². The summed E-state index contributed by atoms with van der Waals surface area (Å²) in [7, 11) is 0. The van der Waals surface area contributed by atoms with Gasteiger partial charge in [0.15, 0.2) is 0 Å². The number of carbonyl (C=O) groups is 1. The van der Waals surface area contributed by atoms with Crippen LogP contribution in [0, 0.1) is 0 Å². The number of carboxylic acid groups (broad SMARTS) is 1. The van der Waals surface area contributed by atoms with Gasteiger partial charge in [0.25, 0.3) is 0 Å². The Labute approximate surface area is 83.5 Å². The number of rotatable bonds is 2. The molecule has 14 heavy (non-hydrogen) atoms. The maximum atomic E-state index is 10.9. The monoisotopic (exact) mass is 196 g/mol. The normalized spacial score (nSPS) is 11.7. The molecule has 1 aromatic heterocycles. The number of aryl methyl sites for hydroxylation is 1. The first-order chi connectivity index (χ1) is 6.36. The van der Waals surface area contributed by atoms with Gasteiger partial charge >= 0.3 is 5.97 Å². The maximum Gasteiger partial charge on any atom is 0.354 e. The molecule has 0 bridgehead atoms. The van der Waals surface area contributed by atoms with E-state index in [2.05, 4.69) is 5.10 Å². The van der Waals surface area contributed by atoms with Crippen molar-refractivity contribution in [1.82, 2.24) is 9.78 Å². The van der Waals surface area contributed by atoms with Crippen molar-refractivity contribution in [3.8, 4) is 0 Å². The van der Waals surface area contributed by atoms with Crippen molar-refractivity contribution in [3.05, 3.63) is 17.5 Å². The Morgan fingerprint density at radius 1 is 1.57 bits per heavy atom. The van der Waals surface area contributed by atoms with Gasteiger partial charge in [-0.15, -0.1) is 0 Å². The molecule has 4 heteroatoms. The minimum atomic E-state index is -0.924. The van der Waals surface area contributed by atoms with Crippen LogP contribution in [0.3, 0.4) is 0 Å². The third kappa shape index (κ3) is 1.95. The van der Waals surface area contributed by atoms with E-state index in [1.54, 1.807) is 10.7 Å². The van der Waals surface area contributed by atoms with Gasteiger partial charge < -0.3 is 5.11 Å². The Kier molecular flexibility index (Phi) is 2.64. The van der Waals surface area contributed by atoms with Crippen LogP contribution in [0.4, 0.5) is 0 Å². The standard InChI is InChI=1S/C10H16N2O2/c1-5-7-6-8(9(13)14)12(11-7)10(2,3)4/h6H,5H2,1-4H3,(H,13,14). The molecule has 0 radical (unpaired) electrons. The summed E-state index contributed by atoms with van der Waals surface area (Å²) in [5.41, 5.74) is 0.785. The Morgan fingerprint density at radius 3 is 2.43 bits per heavy atom. The van der Waals surface area contributed by atoms with E-state index in [-0.39, 0.29) is 11.2 Å². The summed E-state index contributed by atoms with van der Waals surface area (Å²) in [6, 6.07) is 1.63. The predicted molar refractivity (Wildman–Crippen MR) is 53.6 cm³/mol. The zero-order chi connectivity index (χ0) is 10.9. The number of aromatic nitrogens is 2. The van der Waals surface area contributed by atoms with Crippen LogP contribution in [-0.2, 0) is 12.0 Å². The number of hydrogen-bond acceptors (Lipinski definition) is 2. The fourth-order valence-electron chi connectivity index (χ4n) is 1.27. The minimum absolute atomic E-state index is 0.259. The van der Waals surface area contributed by atoms with Crippen LogP contribution in [0.5, 0.6) is 0 Å². The molecule has 1 N–H and O–H groups in total. The van der Waals surface area contributed by atoms with Gasteiger partial charge in [0, 0.05) is 0 Å². The van der Waals surface area contributed by atoms with Gasteiger partial charge in [-0.05, 0) is 33.3 Å². The zero-order valence-electron chi connectivity index (χ0n) is 9.03. The van der Waals surface area contributed by atoms with E-state index >= 15 is 0 Å². The molecule has 0 unspecified atom stereocenters. The molecular weight excluding hydrogens is 180 g/mol. The van der Waals surface area contributed by atoms with Crippen LogP contribution in [0.15, 0.2) is 6.07 Å². The molecule has 0 saturated heterocycles. The van der Waals surface area contributed by atoms with Gasteiger partial charge in [0.05, 0.1) is 11.2 Å². The predicted octanol–water partition coefficient (Wildman–Crippen LogP) is 1.90. The molecule has 0 aromatic carbocycles. The molecule has 4 nitrogen and oxygen atoms in total. The van der Waals surface area contributed by atoms with E-state index in [1.807, 2.05) is 27.7 Å². The summed E-state index contributed by atoms with van der Waals surface area (Å²) in [6.07, 6.45) is 0.753. The van der Waals surface area contributed by atoms with Crippen LogP contribution in [0.1, 0.15) is 43.9 Å². The Bertz CT molecular complexity index is 347. The number of carboxylic acids is 1. The molecule has 0 atom stereocenters. The van der Waals surface area contributed by atoms with E-state index in [0.29, 0.717) is 0 Å². The summed E-state index contributed by atoms with van der Waals surface area (Å²) in [5, 5.41) is 13.2. The third-order valence-electron chi connectivity index (χ3n) is 1.98. The number of nitrogens with zero attached hydrogens (tertiary/aromatic N) is 2. The highest BCUT2D eigenvalue weighted by atomic mass is 16.4. The molecule has 0 aliphatic rings. The van der Waals surface area contributed by atoms with Gasteiger partial charge in [-0.3, -0.25) is 4.68 Å². The molecule has 0 spiro atoms. The highest BCUT2D eigenvalue weighted by molar-refractivity contribution is 5.85. The van der Waals surface area contributed by atoms with E-state index in [9.17, 15) is 4.79 Å². The largest absolute Gasteiger partial charge is 0.477 e. The summed E-state index contributed by atoms with van der Waals surface area (Å²) < 4.78 is 1.56. The lowest BCUT2D eigenvalue weighted by molar-refractivity contribution is 0.0675. The van der Waals surface area contributed by atoms with Crippen molar-refractivity contribution in [2.75, 3.05) is 0 Å². The van der Waals surface area contributed by atoms with Crippen molar-refractivity contribution >= 4 is 5.97 Å². The molecule has 0 saturated carbocycles. The average Bonchev–Trinajstić information content (AvgIpc) is 2.46. The zero-order valence-corrected chi connectivity index (χ0v) is 9.03. The average molecular weight is 196 g/mol. The lowest BCUT2D eigenvalue weighted by Crippen LogP contribution is -2.27. The van der Waals surface area contributed by atoms with Gasteiger partial charge in [-0.1, -0.05) is 6.92 Å². The lowest BCUT2D eigenvalue weighted by Gasteiger charge is -2.20. The molecule has 0 fully saturated rings. The SMILES string of the molecule is CCc1cc(C(=O)O)n(C(C)(C)C)n1. The van der Waals surface area contributed by atoms with Gasteiger partial charge in [-0.2, -0.15) is 5.10 Å². The second-order valence-electron chi connectivity index (χ2n) is 4.26. The maximum absolute atomic E-state index is 10.9. The first kappa shape index (κ1) is 10.8. The van der Waals surface area contributed by atoms with Crippen molar-refractivity contribution in [1.29, 1.82) is 0 Å².